The number of aromatic nitrogens is 3. The van der Waals surface area contributed by atoms with Gasteiger partial charge in [-0.15, -0.1) is 5.10 Å². The summed E-state index contributed by atoms with van der Waals surface area (Å²) in [6.45, 7) is 0.187. The number of carbonyl (C=O) groups is 2. The highest BCUT2D eigenvalue weighted by atomic mass is 19.2. The maximum atomic E-state index is 13.7. The van der Waals surface area contributed by atoms with Crippen LogP contribution in [0.4, 0.5) is 18.9 Å². The van der Waals surface area contributed by atoms with E-state index in [1.165, 1.54) is 46.1 Å². The van der Waals surface area contributed by atoms with Crippen molar-refractivity contribution in [1.29, 1.82) is 0 Å². The molecule has 0 bridgehead atoms. The van der Waals surface area contributed by atoms with Crippen molar-refractivity contribution in [3.63, 3.8) is 0 Å². The fourth-order valence-corrected chi connectivity index (χ4v) is 4.61. The predicted molar refractivity (Wildman–Crippen MR) is 135 cm³/mol. The molecule has 2 amide bonds. The number of benzene rings is 3. The molecular formula is C28H24F3N5O3. The monoisotopic (exact) mass is 535 g/mol. The summed E-state index contributed by atoms with van der Waals surface area (Å²) < 4.78 is 47.3. The summed E-state index contributed by atoms with van der Waals surface area (Å²) in [4.78, 5) is 27.9. The van der Waals surface area contributed by atoms with Crippen LogP contribution >= 0.6 is 0 Å². The molecule has 4 aromatic rings. The standard InChI is InChI=1S/C28H24F3N5O3/c29-20-2-6-22(7-3-20)39-23-8-4-21(5-9-23)33-28(38)26-15-19(13-18-1-10-24(30)25(31)14-18)16-36(26)27(37)17-35-12-11-32-34-35/h1-12,14,19,26H,13,15-17H2,(H,33,38)/t19-,26+/m1/s1. The molecule has 1 fully saturated rings. The van der Waals surface area contributed by atoms with Crippen LogP contribution in [0.2, 0.25) is 0 Å². The van der Waals surface area contributed by atoms with Crippen LogP contribution in [0.5, 0.6) is 11.5 Å². The third-order valence-corrected chi connectivity index (χ3v) is 6.46. The van der Waals surface area contributed by atoms with Gasteiger partial charge in [0.05, 0.1) is 6.20 Å². The molecule has 0 unspecified atom stereocenters. The Bertz CT molecular complexity index is 1450. The average Bonchev–Trinajstić information content (AvgIpc) is 3.59. The molecule has 39 heavy (non-hydrogen) atoms. The van der Waals surface area contributed by atoms with Gasteiger partial charge in [0.2, 0.25) is 11.8 Å². The molecule has 11 heteroatoms. The number of hydrogen-bond acceptors (Lipinski definition) is 5. The third-order valence-electron chi connectivity index (χ3n) is 6.46. The lowest BCUT2D eigenvalue weighted by Gasteiger charge is -2.24. The van der Waals surface area contributed by atoms with Crippen molar-refractivity contribution in [1.82, 2.24) is 19.9 Å². The second-order valence-electron chi connectivity index (χ2n) is 9.29. The molecule has 0 aliphatic carbocycles. The second-order valence-corrected chi connectivity index (χ2v) is 9.29. The van der Waals surface area contributed by atoms with Gasteiger partial charge in [-0.25, -0.2) is 17.9 Å². The molecule has 0 radical (unpaired) electrons. The number of rotatable bonds is 8. The zero-order chi connectivity index (χ0) is 27.4. The van der Waals surface area contributed by atoms with Crippen molar-refractivity contribution in [3.05, 3.63) is 102 Å². The first-order valence-corrected chi connectivity index (χ1v) is 12.3. The molecule has 1 aromatic heterocycles. The van der Waals surface area contributed by atoms with Gasteiger partial charge in [0.25, 0.3) is 0 Å². The number of carbonyl (C=O) groups excluding carboxylic acids is 2. The topological polar surface area (TPSA) is 89.4 Å². The largest absolute Gasteiger partial charge is 0.457 e. The lowest BCUT2D eigenvalue weighted by Crippen LogP contribution is -2.44. The van der Waals surface area contributed by atoms with E-state index in [9.17, 15) is 22.8 Å². The van der Waals surface area contributed by atoms with Gasteiger partial charge < -0.3 is 15.0 Å². The van der Waals surface area contributed by atoms with E-state index in [0.717, 1.165) is 12.1 Å². The van der Waals surface area contributed by atoms with Gasteiger partial charge in [-0.05, 0) is 85.0 Å². The number of ether oxygens (including phenoxy) is 1. The predicted octanol–water partition coefficient (Wildman–Crippen LogP) is 4.59. The van der Waals surface area contributed by atoms with E-state index in [1.807, 2.05) is 0 Å². The van der Waals surface area contributed by atoms with Crippen molar-refractivity contribution < 1.29 is 27.5 Å². The number of likely N-dealkylation sites (tertiary alicyclic amines) is 1. The Balaban J connectivity index is 1.27. The van der Waals surface area contributed by atoms with E-state index in [2.05, 4.69) is 15.6 Å². The van der Waals surface area contributed by atoms with Crippen molar-refractivity contribution in [2.24, 2.45) is 5.92 Å². The Morgan fingerprint density at radius 2 is 1.67 bits per heavy atom. The molecular weight excluding hydrogens is 511 g/mol. The van der Waals surface area contributed by atoms with Crippen LogP contribution in [-0.4, -0.2) is 44.3 Å². The quantitative estimate of drug-likeness (QED) is 0.357. The molecule has 1 N–H and O–H groups in total. The molecule has 5 rings (SSSR count). The van der Waals surface area contributed by atoms with E-state index in [-0.39, 0.29) is 36.6 Å². The molecule has 1 aliphatic heterocycles. The summed E-state index contributed by atoms with van der Waals surface area (Å²) in [6.07, 6.45) is 3.73. The normalized spacial score (nSPS) is 16.7. The van der Waals surface area contributed by atoms with Gasteiger partial charge in [-0.3, -0.25) is 9.59 Å². The fourth-order valence-electron chi connectivity index (χ4n) is 4.61. The summed E-state index contributed by atoms with van der Waals surface area (Å²) in [5.41, 5.74) is 1.08. The molecule has 1 aliphatic rings. The Morgan fingerprint density at radius 1 is 0.949 bits per heavy atom. The van der Waals surface area contributed by atoms with Gasteiger partial charge in [-0.2, -0.15) is 0 Å². The van der Waals surface area contributed by atoms with Crippen molar-refractivity contribution >= 4 is 17.5 Å². The summed E-state index contributed by atoms with van der Waals surface area (Å²) in [5.74, 6) is -2.10. The molecule has 0 saturated carbocycles. The zero-order valence-electron chi connectivity index (χ0n) is 20.6. The van der Waals surface area contributed by atoms with Crippen molar-refractivity contribution in [3.8, 4) is 11.5 Å². The van der Waals surface area contributed by atoms with Crippen LogP contribution in [-0.2, 0) is 22.6 Å². The molecule has 3 aromatic carbocycles. The van der Waals surface area contributed by atoms with Crippen LogP contribution in [0, 0.1) is 23.4 Å². The number of amides is 2. The first-order chi connectivity index (χ1) is 18.8. The van der Waals surface area contributed by atoms with Gasteiger partial charge in [0.1, 0.15) is 29.9 Å². The first kappa shape index (κ1) is 26.0. The Labute approximate surface area is 222 Å². The number of anilines is 1. The lowest BCUT2D eigenvalue weighted by molar-refractivity contribution is -0.137. The van der Waals surface area contributed by atoms with Gasteiger partial charge in [0, 0.05) is 18.4 Å². The number of nitrogens with one attached hydrogen (secondary N) is 1. The Morgan fingerprint density at radius 3 is 2.33 bits per heavy atom. The smallest absolute Gasteiger partial charge is 0.247 e. The van der Waals surface area contributed by atoms with Crippen LogP contribution < -0.4 is 10.1 Å². The summed E-state index contributed by atoms with van der Waals surface area (Å²) in [7, 11) is 0. The minimum absolute atomic E-state index is 0.0862. The van der Waals surface area contributed by atoms with Crippen molar-refractivity contribution in [2.45, 2.75) is 25.4 Å². The SMILES string of the molecule is O=C(Nc1ccc(Oc2ccc(F)cc2)cc1)[C@@H]1C[C@@H](Cc2ccc(F)c(F)c2)CN1C(=O)Cn1ccnn1. The van der Waals surface area contributed by atoms with Crippen LogP contribution in [0.15, 0.2) is 79.1 Å². The number of halogens is 3. The minimum atomic E-state index is -0.939. The van der Waals surface area contributed by atoms with E-state index in [0.29, 0.717) is 35.6 Å². The Kier molecular flexibility index (Phi) is 7.57. The maximum Gasteiger partial charge on any atom is 0.247 e. The molecule has 2 atom stereocenters. The minimum Gasteiger partial charge on any atom is -0.457 e. The van der Waals surface area contributed by atoms with Crippen LogP contribution in [0.3, 0.4) is 0 Å². The molecule has 200 valence electrons. The molecule has 1 saturated heterocycles. The summed E-state index contributed by atoms with van der Waals surface area (Å²) in [6, 6.07) is 15.2. The summed E-state index contributed by atoms with van der Waals surface area (Å²) in [5, 5.41) is 10.4. The van der Waals surface area contributed by atoms with Gasteiger partial charge in [-0.1, -0.05) is 11.3 Å². The van der Waals surface area contributed by atoms with E-state index in [1.54, 1.807) is 30.5 Å². The van der Waals surface area contributed by atoms with Crippen molar-refractivity contribution in [2.75, 3.05) is 11.9 Å². The van der Waals surface area contributed by atoms with Crippen LogP contribution in [0.1, 0.15) is 12.0 Å². The molecule has 8 nitrogen and oxygen atoms in total. The van der Waals surface area contributed by atoms with E-state index >= 15 is 0 Å². The highest BCUT2D eigenvalue weighted by Crippen LogP contribution is 2.29. The second kappa shape index (κ2) is 11.4. The average molecular weight is 536 g/mol. The highest BCUT2D eigenvalue weighted by molar-refractivity contribution is 5.97. The molecule has 2 heterocycles. The van der Waals surface area contributed by atoms with Gasteiger partial charge in [0.15, 0.2) is 11.6 Å². The number of hydrogen-bond donors (Lipinski definition) is 1. The fraction of sp³-hybridized carbons (Fsp3) is 0.214. The Hall–Kier alpha value is -4.67. The maximum absolute atomic E-state index is 13.7. The lowest BCUT2D eigenvalue weighted by atomic mass is 9.96. The zero-order valence-corrected chi connectivity index (χ0v) is 20.6. The number of nitrogens with zero attached hydrogens (tertiary/aromatic N) is 4. The summed E-state index contributed by atoms with van der Waals surface area (Å²) >= 11 is 0. The third kappa shape index (κ3) is 6.43. The van der Waals surface area contributed by atoms with E-state index < -0.39 is 17.7 Å². The van der Waals surface area contributed by atoms with Gasteiger partial charge >= 0.3 is 0 Å². The first-order valence-electron chi connectivity index (χ1n) is 12.3. The van der Waals surface area contributed by atoms with Crippen LogP contribution in [0.25, 0.3) is 0 Å². The molecule has 0 spiro atoms. The van der Waals surface area contributed by atoms with E-state index in [4.69, 9.17) is 4.74 Å². The highest BCUT2D eigenvalue weighted by Gasteiger charge is 2.39.